The molecule has 2 heterocycles. The third kappa shape index (κ3) is 7.24. The third-order valence-electron chi connectivity index (χ3n) is 5.49. The largest absolute Gasteiger partial charge is 0.465 e. The first-order valence-electron chi connectivity index (χ1n) is 10.4. The van der Waals surface area contributed by atoms with E-state index in [4.69, 9.17) is 5.11 Å². The van der Waals surface area contributed by atoms with Crippen LogP contribution in [0.25, 0.3) is 0 Å². The molecule has 0 aromatic carbocycles. The van der Waals surface area contributed by atoms with E-state index < -0.39 is 24.7 Å². The number of alkyl halides is 3. The van der Waals surface area contributed by atoms with Gasteiger partial charge in [0.15, 0.2) is 5.82 Å². The number of aromatic amines is 1. The Morgan fingerprint density at radius 3 is 2.88 bits per heavy atom. The molecule has 4 N–H and O–H groups in total. The van der Waals surface area contributed by atoms with Gasteiger partial charge in [0.05, 0.1) is 12.1 Å². The topological polar surface area (TPSA) is 138 Å². The minimum atomic E-state index is -4.41. The van der Waals surface area contributed by atoms with E-state index >= 15 is 0 Å². The zero-order chi connectivity index (χ0) is 23.3. The number of halogens is 3. The fraction of sp³-hybridized carbons (Fsp3) is 0.632. The lowest BCUT2D eigenvalue weighted by molar-refractivity contribution is -0.142. The highest BCUT2D eigenvalue weighted by molar-refractivity contribution is 5.91. The van der Waals surface area contributed by atoms with Crippen molar-refractivity contribution in [2.24, 2.45) is 5.92 Å². The molecule has 13 heteroatoms. The van der Waals surface area contributed by atoms with Crippen molar-refractivity contribution in [2.75, 3.05) is 5.32 Å². The number of carbonyl (C=O) groups is 2. The smallest absolute Gasteiger partial charge is 0.408 e. The molecule has 10 nitrogen and oxygen atoms in total. The van der Waals surface area contributed by atoms with Gasteiger partial charge >= 0.3 is 12.3 Å². The number of hydrogen-bond acceptors (Lipinski definition) is 5. The first kappa shape index (κ1) is 23.5. The van der Waals surface area contributed by atoms with Gasteiger partial charge in [-0.2, -0.15) is 18.3 Å². The lowest BCUT2D eigenvalue weighted by Crippen LogP contribution is -2.31. The maximum absolute atomic E-state index is 12.4. The van der Waals surface area contributed by atoms with Gasteiger partial charge in [-0.15, -0.1) is 5.10 Å². The molecular formula is C19H26F3N7O3. The Hall–Kier alpha value is -3.12. The molecule has 0 radical (unpaired) electrons. The quantitative estimate of drug-likeness (QED) is 0.457. The number of amides is 2. The summed E-state index contributed by atoms with van der Waals surface area (Å²) < 4.78 is 37.8. The van der Waals surface area contributed by atoms with Gasteiger partial charge in [-0.25, -0.2) is 9.48 Å². The summed E-state index contributed by atoms with van der Waals surface area (Å²) >= 11 is 0. The Morgan fingerprint density at radius 2 is 2.16 bits per heavy atom. The van der Waals surface area contributed by atoms with Gasteiger partial charge in [-0.05, 0) is 44.9 Å². The Morgan fingerprint density at radius 1 is 1.38 bits per heavy atom. The predicted octanol–water partition coefficient (Wildman–Crippen LogP) is 3.06. The number of H-pyrrole nitrogens is 1. The monoisotopic (exact) mass is 457 g/mol. The Kier molecular flexibility index (Phi) is 7.36. The number of hydrogen-bond donors (Lipinski definition) is 4. The fourth-order valence-corrected chi connectivity index (χ4v) is 4.03. The van der Waals surface area contributed by atoms with Crippen molar-refractivity contribution in [1.29, 1.82) is 0 Å². The summed E-state index contributed by atoms with van der Waals surface area (Å²) in [7, 11) is 0. The molecule has 2 unspecified atom stereocenters. The Labute approximate surface area is 181 Å². The maximum Gasteiger partial charge on any atom is 0.408 e. The number of nitrogens with one attached hydrogen (secondary N) is 3. The number of rotatable bonds is 9. The summed E-state index contributed by atoms with van der Waals surface area (Å²) in [5.74, 6) is 0.670. The van der Waals surface area contributed by atoms with Crippen LogP contribution >= 0.6 is 0 Å². The van der Waals surface area contributed by atoms with Gasteiger partial charge in [0.2, 0.25) is 5.91 Å². The van der Waals surface area contributed by atoms with Crippen molar-refractivity contribution in [3.63, 3.8) is 0 Å². The van der Waals surface area contributed by atoms with E-state index in [2.05, 4.69) is 31.1 Å². The van der Waals surface area contributed by atoms with Crippen molar-refractivity contribution in [3.05, 3.63) is 23.7 Å². The van der Waals surface area contributed by atoms with Crippen LogP contribution in [0.15, 0.2) is 12.3 Å². The molecule has 0 saturated heterocycles. The van der Waals surface area contributed by atoms with Crippen LogP contribution in [0.3, 0.4) is 0 Å². The van der Waals surface area contributed by atoms with Crippen LogP contribution in [0.4, 0.5) is 23.8 Å². The van der Waals surface area contributed by atoms with Gasteiger partial charge in [-0.1, -0.05) is 5.21 Å². The number of carboxylic acid groups (broad SMARTS) is 1. The molecule has 2 amide bonds. The summed E-state index contributed by atoms with van der Waals surface area (Å²) in [6, 6.07) is 1.68. The number of anilines is 1. The van der Waals surface area contributed by atoms with Crippen molar-refractivity contribution in [3.8, 4) is 0 Å². The summed E-state index contributed by atoms with van der Waals surface area (Å²) in [5, 5.41) is 27.9. The molecule has 1 fully saturated rings. The van der Waals surface area contributed by atoms with E-state index in [0.29, 0.717) is 16.4 Å². The number of carbonyl (C=O) groups excluding carboxylic acids is 1. The fourth-order valence-electron chi connectivity index (χ4n) is 4.03. The third-order valence-corrected chi connectivity index (χ3v) is 5.49. The van der Waals surface area contributed by atoms with E-state index in [1.807, 2.05) is 6.92 Å². The van der Waals surface area contributed by atoms with Crippen LogP contribution < -0.4 is 10.6 Å². The van der Waals surface area contributed by atoms with E-state index in [0.717, 1.165) is 44.0 Å². The first-order chi connectivity index (χ1) is 15.1. The van der Waals surface area contributed by atoms with E-state index in [-0.39, 0.29) is 24.1 Å². The van der Waals surface area contributed by atoms with Gasteiger partial charge in [0, 0.05) is 29.9 Å². The van der Waals surface area contributed by atoms with Crippen LogP contribution in [-0.4, -0.2) is 54.5 Å². The second-order valence-corrected chi connectivity index (χ2v) is 8.26. The van der Waals surface area contributed by atoms with E-state index in [1.54, 1.807) is 6.07 Å². The maximum atomic E-state index is 12.4. The minimum Gasteiger partial charge on any atom is -0.465 e. The molecule has 1 aliphatic carbocycles. The van der Waals surface area contributed by atoms with Crippen molar-refractivity contribution < 1.29 is 27.9 Å². The normalized spacial score (nSPS) is 19.6. The molecule has 3 rings (SSSR count). The molecule has 0 aliphatic heterocycles. The van der Waals surface area contributed by atoms with Crippen molar-refractivity contribution in [2.45, 2.75) is 70.1 Å². The van der Waals surface area contributed by atoms with Gasteiger partial charge in [-0.3, -0.25) is 9.89 Å². The summed E-state index contributed by atoms with van der Waals surface area (Å²) in [6.07, 6.45) is 0.139. The predicted molar refractivity (Wildman–Crippen MR) is 107 cm³/mol. The summed E-state index contributed by atoms with van der Waals surface area (Å²) in [4.78, 5) is 22.8. The van der Waals surface area contributed by atoms with Crippen LogP contribution in [0.5, 0.6) is 0 Å². The van der Waals surface area contributed by atoms with Crippen molar-refractivity contribution in [1.82, 2.24) is 30.5 Å². The summed E-state index contributed by atoms with van der Waals surface area (Å²) in [6.45, 7) is 0.586. The average Bonchev–Trinajstić information content (AvgIpc) is 3.39. The van der Waals surface area contributed by atoms with E-state index in [9.17, 15) is 22.8 Å². The van der Waals surface area contributed by atoms with Gasteiger partial charge < -0.3 is 15.7 Å². The zero-order valence-corrected chi connectivity index (χ0v) is 17.5. The number of aromatic nitrogens is 5. The lowest BCUT2D eigenvalue weighted by Gasteiger charge is -2.14. The molecule has 0 bridgehead atoms. The highest BCUT2D eigenvalue weighted by Gasteiger charge is 2.29. The van der Waals surface area contributed by atoms with Crippen molar-refractivity contribution >= 4 is 17.8 Å². The van der Waals surface area contributed by atoms with Crippen LogP contribution in [-0.2, 0) is 17.8 Å². The molecule has 2 aromatic rings. The molecule has 3 atom stereocenters. The van der Waals surface area contributed by atoms with Crippen LogP contribution in [0.1, 0.15) is 56.3 Å². The second-order valence-electron chi connectivity index (χ2n) is 8.26. The molecule has 2 aromatic heterocycles. The summed E-state index contributed by atoms with van der Waals surface area (Å²) in [5.41, 5.74) is 1.04. The molecule has 176 valence electrons. The minimum absolute atomic E-state index is 0.0874. The molecule has 1 aliphatic rings. The van der Waals surface area contributed by atoms with E-state index in [1.165, 1.54) is 0 Å². The molecule has 0 spiro atoms. The van der Waals surface area contributed by atoms with Gasteiger partial charge in [0.1, 0.15) is 6.54 Å². The Bertz CT molecular complexity index is 927. The second kappa shape index (κ2) is 10.0. The molecule has 1 saturated carbocycles. The SMILES string of the molecule is C[C@@H](CCC1CCC(c2cc(NC(=O)Cc3cn(CC(F)(F)F)nn3)n[nH]2)C1)NC(=O)O. The van der Waals surface area contributed by atoms with Gasteiger partial charge in [0.25, 0.3) is 0 Å². The molecular weight excluding hydrogens is 431 g/mol. The highest BCUT2D eigenvalue weighted by atomic mass is 19.4. The van der Waals surface area contributed by atoms with Crippen LogP contribution in [0, 0.1) is 5.92 Å². The highest BCUT2D eigenvalue weighted by Crippen LogP contribution is 2.40. The average molecular weight is 457 g/mol. The lowest BCUT2D eigenvalue weighted by atomic mass is 9.96. The zero-order valence-electron chi connectivity index (χ0n) is 17.5. The Balaban J connectivity index is 1.45. The number of nitrogens with zero attached hydrogens (tertiary/aromatic N) is 4. The standard InChI is InChI=1S/C19H26F3N7O3/c1-11(23-18(31)32)2-3-12-4-5-13(6-12)15-8-16(27-26-15)24-17(30)7-14-9-29(28-25-14)10-19(20,21)22/h8-9,11-13,23H,2-7,10H2,1H3,(H,31,32)(H2,24,26,27,30)/t11-,12?,13?/m0/s1. The van der Waals surface area contributed by atoms with Crippen LogP contribution in [0.2, 0.25) is 0 Å². The molecule has 32 heavy (non-hydrogen) atoms. The first-order valence-corrected chi connectivity index (χ1v) is 10.4.